The van der Waals surface area contributed by atoms with E-state index in [1.807, 2.05) is 12.1 Å². The predicted molar refractivity (Wildman–Crippen MR) is 74.3 cm³/mol. The average Bonchev–Trinajstić information content (AvgIpc) is 2.37. The number of rotatable bonds is 3. The molecular weight excluding hydrogens is 230 g/mol. The molecule has 2 rings (SSSR count). The molecule has 0 saturated heterocycles. The highest BCUT2D eigenvalue weighted by molar-refractivity contribution is 7.81. The molecule has 0 heterocycles. The van der Waals surface area contributed by atoms with Crippen molar-refractivity contribution in [1.82, 2.24) is 4.90 Å². The van der Waals surface area contributed by atoms with Crippen LogP contribution in [0.5, 0.6) is 0 Å². The summed E-state index contributed by atoms with van der Waals surface area (Å²) in [5.74, 6) is 0.297. The van der Waals surface area contributed by atoms with E-state index < -0.39 is 0 Å². The zero-order chi connectivity index (χ0) is 12.3. The normalized spacial score (nSPS) is 10.5. The molecule has 0 atom stereocenters. The van der Waals surface area contributed by atoms with Crippen LogP contribution in [0.15, 0.2) is 42.5 Å². The van der Waals surface area contributed by atoms with E-state index in [1.165, 1.54) is 10.8 Å². The summed E-state index contributed by atoms with van der Waals surface area (Å²) in [5, 5.41) is 2.43. The number of hydrogen-bond acceptors (Lipinski definition) is 2. The molecule has 0 aliphatic heterocycles. The van der Waals surface area contributed by atoms with Gasteiger partial charge >= 0.3 is 0 Å². The quantitative estimate of drug-likeness (QED) is 0.824. The minimum Gasteiger partial charge on any atom is -0.341 e. The van der Waals surface area contributed by atoms with Crippen molar-refractivity contribution >= 4 is 29.3 Å². The Bertz CT molecular complexity index is 538. The second-order valence-corrected chi connectivity index (χ2v) is 4.41. The molecule has 0 aromatic heterocycles. The smallest absolute Gasteiger partial charge is 0.232 e. The minimum absolute atomic E-state index is 0.0430. The summed E-state index contributed by atoms with van der Waals surface area (Å²) in [7, 11) is 1.80. The Kier molecular flexibility index (Phi) is 3.69. The third-order valence-electron chi connectivity index (χ3n) is 2.79. The van der Waals surface area contributed by atoms with Crippen molar-refractivity contribution in [3.05, 3.63) is 48.0 Å². The molecule has 2 nitrogen and oxygen atoms in total. The first-order valence-corrected chi connectivity index (χ1v) is 6.16. The van der Waals surface area contributed by atoms with Crippen LogP contribution >= 0.6 is 12.6 Å². The standard InChI is InChI=1S/C14H15NOS/c1-15(14(16)10-17)9-11-6-7-12-4-2-3-5-13(12)8-11/h2-8,17H,9-10H2,1H3. The van der Waals surface area contributed by atoms with Crippen LogP contribution in [0.1, 0.15) is 5.56 Å². The van der Waals surface area contributed by atoms with Crippen molar-refractivity contribution in [1.29, 1.82) is 0 Å². The van der Waals surface area contributed by atoms with Gasteiger partial charge in [-0.3, -0.25) is 4.79 Å². The summed E-state index contributed by atoms with van der Waals surface area (Å²) in [6, 6.07) is 14.5. The third kappa shape index (κ3) is 2.80. The second kappa shape index (κ2) is 5.23. The van der Waals surface area contributed by atoms with Gasteiger partial charge in [-0.15, -0.1) is 0 Å². The van der Waals surface area contributed by atoms with Crippen molar-refractivity contribution in [3.63, 3.8) is 0 Å². The molecular formula is C14H15NOS. The topological polar surface area (TPSA) is 20.3 Å². The Morgan fingerprint density at radius 2 is 1.88 bits per heavy atom. The second-order valence-electron chi connectivity index (χ2n) is 4.09. The lowest BCUT2D eigenvalue weighted by Crippen LogP contribution is -2.27. The number of amides is 1. The number of hydrogen-bond donors (Lipinski definition) is 1. The SMILES string of the molecule is CN(Cc1ccc2ccccc2c1)C(=O)CS. The summed E-state index contributed by atoms with van der Waals surface area (Å²) in [6.45, 7) is 0.629. The predicted octanol–water partition coefficient (Wildman–Crippen LogP) is 2.73. The van der Waals surface area contributed by atoms with E-state index in [-0.39, 0.29) is 11.7 Å². The van der Waals surface area contributed by atoms with E-state index in [1.54, 1.807) is 11.9 Å². The number of carbonyl (C=O) groups is 1. The van der Waals surface area contributed by atoms with Crippen LogP contribution in [0.25, 0.3) is 10.8 Å². The molecule has 17 heavy (non-hydrogen) atoms. The molecule has 0 spiro atoms. The van der Waals surface area contributed by atoms with Gasteiger partial charge in [0.25, 0.3) is 0 Å². The van der Waals surface area contributed by atoms with E-state index in [0.717, 1.165) is 5.56 Å². The van der Waals surface area contributed by atoms with E-state index in [0.29, 0.717) is 6.54 Å². The zero-order valence-electron chi connectivity index (χ0n) is 9.76. The van der Waals surface area contributed by atoms with Crippen molar-refractivity contribution in [3.8, 4) is 0 Å². The van der Waals surface area contributed by atoms with Gasteiger partial charge in [-0.2, -0.15) is 12.6 Å². The van der Waals surface area contributed by atoms with E-state index in [4.69, 9.17) is 0 Å². The van der Waals surface area contributed by atoms with Gasteiger partial charge in [0.2, 0.25) is 5.91 Å². The summed E-state index contributed by atoms with van der Waals surface area (Å²) in [4.78, 5) is 13.1. The van der Waals surface area contributed by atoms with Gasteiger partial charge in [0.15, 0.2) is 0 Å². The van der Waals surface area contributed by atoms with Crippen LogP contribution in [0.4, 0.5) is 0 Å². The molecule has 0 aliphatic rings. The molecule has 0 saturated carbocycles. The number of fused-ring (bicyclic) bond motifs is 1. The molecule has 0 unspecified atom stereocenters. The Balaban J connectivity index is 2.22. The lowest BCUT2D eigenvalue weighted by molar-refractivity contribution is -0.127. The largest absolute Gasteiger partial charge is 0.341 e. The van der Waals surface area contributed by atoms with Crippen LogP contribution in [0.2, 0.25) is 0 Å². The van der Waals surface area contributed by atoms with Crippen molar-refractivity contribution in [2.24, 2.45) is 0 Å². The maximum atomic E-state index is 11.4. The molecule has 2 aromatic carbocycles. The van der Waals surface area contributed by atoms with Gasteiger partial charge in [-0.25, -0.2) is 0 Å². The highest BCUT2D eigenvalue weighted by Crippen LogP contribution is 2.16. The Morgan fingerprint density at radius 3 is 2.59 bits per heavy atom. The third-order valence-corrected chi connectivity index (χ3v) is 3.07. The maximum Gasteiger partial charge on any atom is 0.232 e. The fraction of sp³-hybridized carbons (Fsp3) is 0.214. The van der Waals surface area contributed by atoms with E-state index in [9.17, 15) is 4.79 Å². The van der Waals surface area contributed by atoms with Gasteiger partial charge in [0.05, 0.1) is 5.75 Å². The minimum atomic E-state index is 0.0430. The number of thiol groups is 1. The van der Waals surface area contributed by atoms with Crippen molar-refractivity contribution in [2.75, 3.05) is 12.8 Å². The lowest BCUT2D eigenvalue weighted by Gasteiger charge is -2.16. The zero-order valence-corrected chi connectivity index (χ0v) is 10.7. The van der Waals surface area contributed by atoms with E-state index in [2.05, 4.69) is 43.0 Å². The Hall–Kier alpha value is -1.48. The summed E-state index contributed by atoms with van der Waals surface area (Å²) in [5.41, 5.74) is 1.14. The number of nitrogens with zero attached hydrogens (tertiary/aromatic N) is 1. The monoisotopic (exact) mass is 245 g/mol. The van der Waals surface area contributed by atoms with Gasteiger partial charge in [-0.05, 0) is 22.4 Å². The Labute approximate surface area is 107 Å². The summed E-state index contributed by atoms with van der Waals surface area (Å²) >= 11 is 3.99. The highest BCUT2D eigenvalue weighted by atomic mass is 32.1. The molecule has 0 fully saturated rings. The first-order valence-electron chi connectivity index (χ1n) is 5.53. The fourth-order valence-electron chi connectivity index (χ4n) is 1.82. The molecule has 0 aliphatic carbocycles. The van der Waals surface area contributed by atoms with E-state index >= 15 is 0 Å². The first kappa shape index (κ1) is 12.0. The molecule has 3 heteroatoms. The van der Waals surface area contributed by atoms with Crippen LogP contribution in [0, 0.1) is 0 Å². The van der Waals surface area contributed by atoms with Crippen LogP contribution in [-0.2, 0) is 11.3 Å². The molecule has 0 bridgehead atoms. The molecule has 0 radical (unpaired) electrons. The van der Waals surface area contributed by atoms with Gasteiger partial charge in [0, 0.05) is 13.6 Å². The number of carbonyl (C=O) groups excluding carboxylic acids is 1. The van der Waals surface area contributed by atoms with Crippen LogP contribution < -0.4 is 0 Å². The number of benzene rings is 2. The van der Waals surface area contributed by atoms with Gasteiger partial charge in [0.1, 0.15) is 0 Å². The summed E-state index contributed by atoms with van der Waals surface area (Å²) in [6.07, 6.45) is 0. The highest BCUT2D eigenvalue weighted by Gasteiger charge is 2.06. The lowest BCUT2D eigenvalue weighted by atomic mass is 10.1. The van der Waals surface area contributed by atoms with Gasteiger partial charge in [-0.1, -0.05) is 36.4 Å². The fourth-order valence-corrected chi connectivity index (χ4v) is 2.06. The molecule has 0 N–H and O–H groups in total. The Morgan fingerprint density at radius 1 is 1.18 bits per heavy atom. The first-order chi connectivity index (χ1) is 8.20. The average molecular weight is 245 g/mol. The molecule has 88 valence electrons. The van der Waals surface area contributed by atoms with Crippen LogP contribution in [0.3, 0.4) is 0 Å². The van der Waals surface area contributed by atoms with Crippen molar-refractivity contribution < 1.29 is 4.79 Å². The molecule has 1 amide bonds. The van der Waals surface area contributed by atoms with Gasteiger partial charge < -0.3 is 4.90 Å². The van der Waals surface area contributed by atoms with Crippen LogP contribution in [-0.4, -0.2) is 23.6 Å². The molecule has 2 aromatic rings. The maximum absolute atomic E-state index is 11.4. The van der Waals surface area contributed by atoms with Crippen molar-refractivity contribution in [2.45, 2.75) is 6.54 Å². The summed E-state index contributed by atoms with van der Waals surface area (Å²) < 4.78 is 0.